The van der Waals surface area contributed by atoms with Crippen molar-refractivity contribution in [3.8, 4) is 0 Å². The van der Waals surface area contributed by atoms with Crippen LogP contribution in [-0.4, -0.2) is 81.6 Å². The van der Waals surface area contributed by atoms with Crippen molar-refractivity contribution in [3.05, 3.63) is 72.9 Å². The topological polar surface area (TPSA) is 216 Å². The second-order valence-electron chi connectivity index (χ2n) is 15.6. The van der Waals surface area contributed by atoms with Gasteiger partial charge in [0.1, 0.15) is 12.7 Å². The average Bonchev–Trinajstić information content (AvgIpc) is 3.22. The van der Waals surface area contributed by atoms with Gasteiger partial charge in [-0.05, 0) is 50.9 Å². The molecular weight excluding hydrogens is 838 g/mol. The molecule has 0 fully saturated rings. The van der Waals surface area contributed by atoms with Crippen molar-refractivity contribution in [1.82, 2.24) is 0 Å². The van der Waals surface area contributed by atoms with E-state index in [1.54, 1.807) is 12.2 Å². The maximum Gasteiger partial charge on any atom is 0.472 e. The summed E-state index contributed by atoms with van der Waals surface area (Å²) >= 11 is 0. The molecule has 0 amide bonds. The molecule has 0 aliphatic rings. The molecule has 2 unspecified atom stereocenters. The molecule has 0 aromatic heterocycles. The van der Waals surface area contributed by atoms with E-state index in [0.717, 1.165) is 57.3 Å². The molecule has 358 valence electrons. The molecule has 0 aromatic rings. The van der Waals surface area contributed by atoms with Gasteiger partial charge in [0.05, 0.1) is 25.9 Å². The number of allylic oxidation sites excluding steroid dienone is 11. The van der Waals surface area contributed by atoms with E-state index in [1.807, 2.05) is 12.2 Å². The van der Waals surface area contributed by atoms with Crippen molar-refractivity contribution >= 4 is 27.6 Å². The molecule has 0 spiro atoms. The van der Waals surface area contributed by atoms with Crippen molar-refractivity contribution in [3.63, 3.8) is 0 Å². The summed E-state index contributed by atoms with van der Waals surface area (Å²) in [6.45, 7) is 3.68. The lowest BCUT2D eigenvalue weighted by atomic mass is 10.0. The number of carbonyl (C=O) groups excluding carboxylic acids is 2. The first kappa shape index (κ1) is 59.5. The van der Waals surface area contributed by atoms with E-state index < -0.39 is 72.3 Å². The normalized spacial score (nSPS) is 15.2. The van der Waals surface area contributed by atoms with Crippen LogP contribution in [0.4, 0.5) is 0 Å². The Balaban J connectivity index is 4.74. The summed E-state index contributed by atoms with van der Waals surface area (Å²) in [5.74, 6) is -0.532. The first-order chi connectivity index (χ1) is 29.6. The van der Waals surface area contributed by atoms with Crippen molar-refractivity contribution in [1.29, 1.82) is 0 Å². The largest absolute Gasteiger partial charge is 0.472 e. The third-order valence-electron chi connectivity index (χ3n) is 9.15. The molecule has 0 heterocycles. The fourth-order valence-corrected chi connectivity index (χ4v) is 6.86. The molecule has 14 nitrogen and oxygen atoms in total. The Labute approximate surface area is 372 Å². The van der Waals surface area contributed by atoms with Gasteiger partial charge in [0.25, 0.3) is 0 Å². The minimum atomic E-state index is -4.89. The molecule has 0 rings (SSSR count). The SMILES string of the molecule is CC/C=C\C/C=C\C/C=C\C/C=C\C/C=C\C=C/C(O)CCC(=O)O[C@H](COC(=O)CCCCCCCCCCCCCCC(C)C)COP(=O)(O)OC[C@@H](O)COP(=O)(O)O. The predicted octanol–water partition coefficient (Wildman–Crippen LogP) is 10.6. The number of rotatable bonds is 41. The minimum absolute atomic E-state index is 0.0160. The Bertz CT molecular complexity index is 1400. The Morgan fingerprint density at radius 3 is 1.56 bits per heavy atom. The summed E-state index contributed by atoms with van der Waals surface area (Å²) in [7, 11) is -9.77. The van der Waals surface area contributed by atoms with E-state index in [0.29, 0.717) is 6.42 Å². The minimum Gasteiger partial charge on any atom is -0.462 e. The van der Waals surface area contributed by atoms with Crippen LogP contribution >= 0.6 is 15.6 Å². The highest BCUT2D eigenvalue weighted by atomic mass is 31.2. The predicted molar refractivity (Wildman–Crippen MR) is 245 cm³/mol. The van der Waals surface area contributed by atoms with Crippen molar-refractivity contribution in [2.75, 3.05) is 26.4 Å². The van der Waals surface area contributed by atoms with E-state index >= 15 is 0 Å². The molecule has 0 aliphatic heterocycles. The van der Waals surface area contributed by atoms with Crippen molar-refractivity contribution in [2.45, 2.75) is 174 Å². The van der Waals surface area contributed by atoms with E-state index in [1.165, 1.54) is 63.9 Å². The van der Waals surface area contributed by atoms with Crippen LogP contribution in [0.15, 0.2) is 72.9 Å². The van der Waals surface area contributed by atoms with Crippen LogP contribution in [0.2, 0.25) is 0 Å². The van der Waals surface area contributed by atoms with Gasteiger partial charge in [-0.2, -0.15) is 0 Å². The Morgan fingerprint density at radius 2 is 1.03 bits per heavy atom. The highest BCUT2D eigenvalue weighted by Gasteiger charge is 2.28. The zero-order valence-electron chi connectivity index (χ0n) is 37.7. The zero-order chi connectivity index (χ0) is 46.2. The molecule has 0 radical (unpaired) electrons. The fourth-order valence-electron chi connectivity index (χ4n) is 5.70. The number of esters is 2. The number of aliphatic hydroxyl groups is 2. The number of hydrogen-bond acceptors (Lipinski definition) is 11. The molecule has 0 bridgehead atoms. The van der Waals surface area contributed by atoms with E-state index in [4.69, 9.17) is 23.8 Å². The van der Waals surface area contributed by atoms with Crippen molar-refractivity contribution in [2.24, 2.45) is 5.92 Å². The number of hydrogen-bond donors (Lipinski definition) is 5. The molecule has 4 atom stereocenters. The lowest BCUT2D eigenvalue weighted by Gasteiger charge is -2.20. The molecular formula is C46H80O14P2. The number of ether oxygens (including phenoxy) is 2. The number of phosphoric ester groups is 2. The van der Waals surface area contributed by atoms with E-state index in [9.17, 15) is 33.8 Å². The van der Waals surface area contributed by atoms with Crippen LogP contribution in [0, 0.1) is 5.92 Å². The molecule has 0 aliphatic carbocycles. The summed E-state index contributed by atoms with van der Waals surface area (Å²) in [6.07, 6.45) is 39.4. The summed E-state index contributed by atoms with van der Waals surface area (Å²) in [5, 5.41) is 20.1. The first-order valence-electron chi connectivity index (χ1n) is 22.6. The number of carbonyl (C=O) groups is 2. The van der Waals surface area contributed by atoms with Gasteiger partial charge in [-0.25, -0.2) is 9.13 Å². The van der Waals surface area contributed by atoms with E-state index in [-0.39, 0.29) is 19.3 Å². The zero-order valence-corrected chi connectivity index (χ0v) is 39.5. The van der Waals surface area contributed by atoms with Crippen LogP contribution in [0.5, 0.6) is 0 Å². The van der Waals surface area contributed by atoms with Crippen LogP contribution in [0.25, 0.3) is 0 Å². The van der Waals surface area contributed by atoms with Gasteiger partial charge in [-0.1, -0.05) is 171 Å². The molecule has 5 N–H and O–H groups in total. The van der Waals surface area contributed by atoms with Gasteiger partial charge < -0.3 is 34.4 Å². The number of unbranched alkanes of at least 4 members (excludes halogenated alkanes) is 11. The molecule has 0 aromatic carbocycles. The van der Waals surface area contributed by atoms with Gasteiger partial charge in [0, 0.05) is 12.8 Å². The van der Waals surface area contributed by atoms with Gasteiger partial charge >= 0.3 is 27.6 Å². The van der Waals surface area contributed by atoms with Crippen molar-refractivity contribution < 1.29 is 66.7 Å². The monoisotopic (exact) mass is 919 g/mol. The summed E-state index contributed by atoms with van der Waals surface area (Å²) < 4.78 is 47.6. The molecule has 16 heteroatoms. The van der Waals surface area contributed by atoms with Gasteiger partial charge in [-0.15, -0.1) is 0 Å². The van der Waals surface area contributed by atoms with E-state index in [2.05, 4.69) is 72.4 Å². The average molecular weight is 919 g/mol. The van der Waals surface area contributed by atoms with Gasteiger partial charge in [-0.3, -0.25) is 23.2 Å². The van der Waals surface area contributed by atoms with Crippen LogP contribution in [-0.2, 0) is 41.8 Å². The maximum atomic E-state index is 12.7. The standard InChI is InChI=1S/C46H80O14P2/c1-4-5-6-7-8-9-10-11-12-13-14-18-21-24-27-30-33-42(47)35-36-46(50)60-44(40-59-62(54,55)58-38-43(48)37-57-61(51,52)53)39-56-45(49)34-31-28-25-22-19-16-15-17-20-23-26-29-32-41(2)3/h5-6,8-9,11-12,14,18,24,27,30,33,41-44,47-48H,4,7,10,13,15-17,19-23,25-26,28-29,31-32,34-40H2,1-3H3,(H,54,55)(H2,51,52,53)/b6-5-,9-8-,12-11-,18-14-,27-24-,33-30-/t42?,43-,44+/m0/s1. The maximum absolute atomic E-state index is 12.7. The third-order valence-corrected chi connectivity index (χ3v) is 10.6. The number of aliphatic hydroxyl groups excluding tert-OH is 2. The van der Waals surface area contributed by atoms with Crippen LogP contribution in [0.1, 0.15) is 156 Å². The smallest absolute Gasteiger partial charge is 0.462 e. The Morgan fingerprint density at radius 1 is 0.548 bits per heavy atom. The second-order valence-corrected chi connectivity index (χ2v) is 18.3. The quantitative estimate of drug-likeness (QED) is 0.0127. The Kier molecular flexibility index (Phi) is 38.5. The lowest BCUT2D eigenvalue weighted by molar-refractivity contribution is -0.161. The molecule has 0 saturated carbocycles. The summed E-state index contributed by atoms with van der Waals surface area (Å²) in [4.78, 5) is 52.8. The third kappa shape index (κ3) is 44.1. The summed E-state index contributed by atoms with van der Waals surface area (Å²) in [5.41, 5.74) is 0. The fraction of sp³-hybridized carbons (Fsp3) is 0.696. The second kappa shape index (κ2) is 40.1. The van der Waals surface area contributed by atoms with Crippen LogP contribution < -0.4 is 0 Å². The molecule has 62 heavy (non-hydrogen) atoms. The Hall–Kier alpha value is -2.48. The lowest BCUT2D eigenvalue weighted by Crippen LogP contribution is -2.30. The highest BCUT2D eigenvalue weighted by molar-refractivity contribution is 7.47. The first-order valence-corrected chi connectivity index (χ1v) is 25.6. The van der Waals surface area contributed by atoms with Gasteiger partial charge in [0.15, 0.2) is 6.10 Å². The van der Waals surface area contributed by atoms with Crippen LogP contribution in [0.3, 0.4) is 0 Å². The highest BCUT2D eigenvalue weighted by Crippen LogP contribution is 2.43. The number of phosphoric acid groups is 2. The van der Waals surface area contributed by atoms with Gasteiger partial charge in [0.2, 0.25) is 0 Å². The summed E-state index contributed by atoms with van der Waals surface area (Å²) in [6, 6.07) is 0. The molecule has 0 saturated heterocycles.